The average Bonchev–Trinajstić information content (AvgIpc) is 3.10. The van der Waals surface area contributed by atoms with Gasteiger partial charge in [0.2, 0.25) is 0 Å². The SMILES string of the molecule is CCC(C(=O)O)[C@@H]1CCc2cc(OCCCNc3ccc(C(F)(F)F)c(Cl)n3)ccc21. The number of nitrogens with one attached hydrogen (secondary N) is 1. The molecule has 5 nitrogen and oxygen atoms in total. The second-order valence-corrected chi connectivity index (χ2v) is 7.88. The van der Waals surface area contributed by atoms with Crippen LogP contribution in [0.3, 0.4) is 0 Å². The van der Waals surface area contributed by atoms with Gasteiger partial charge in [-0.2, -0.15) is 13.2 Å². The Morgan fingerprint density at radius 3 is 2.77 bits per heavy atom. The van der Waals surface area contributed by atoms with Crippen molar-refractivity contribution in [3.63, 3.8) is 0 Å². The number of nitrogens with zero attached hydrogens (tertiary/aromatic N) is 1. The zero-order chi connectivity index (χ0) is 22.6. The molecule has 0 saturated carbocycles. The third-order valence-corrected chi connectivity index (χ3v) is 5.82. The van der Waals surface area contributed by atoms with Crippen LogP contribution in [0.1, 0.15) is 48.8 Å². The minimum absolute atomic E-state index is 0.0406. The monoisotopic (exact) mass is 456 g/mol. The second kappa shape index (κ2) is 9.77. The summed E-state index contributed by atoms with van der Waals surface area (Å²) >= 11 is 5.61. The zero-order valence-electron chi connectivity index (χ0n) is 17.0. The molecule has 9 heteroatoms. The van der Waals surface area contributed by atoms with Gasteiger partial charge in [0.25, 0.3) is 0 Å². The fourth-order valence-corrected chi connectivity index (χ4v) is 4.25. The Balaban J connectivity index is 1.48. The number of aliphatic carboxylic acids is 1. The van der Waals surface area contributed by atoms with Crippen LogP contribution in [-0.4, -0.2) is 29.2 Å². The Bertz CT molecular complexity index is 937. The summed E-state index contributed by atoms with van der Waals surface area (Å²) in [7, 11) is 0. The van der Waals surface area contributed by atoms with Gasteiger partial charge in [0.15, 0.2) is 0 Å². The van der Waals surface area contributed by atoms with E-state index in [1.807, 2.05) is 25.1 Å². The number of hydrogen-bond donors (Lipinski definition) is 2. The van der Waals surface area contributed by atoms with Crippen molar-refractivity contribution >= 4 is 23.4 Å². The van der Waals surface area contributed by atoms with Crippen LogP contribution in [0.4, 0.5) is 19.0 Å². The summed E-state index contributed by atoms with van der Waals surface area (Å²) in [6, 6.07) is 7.93. The lowest BCUT2D eigenvalue weighted by molar-refractivity contribution is -0.142. The molecule has 0 aliphatic heterocycles. The lowest BCUT2D eigenvalue weighted by atomic mass is 9.85. The fourth-order valence-electron chi connectivity index (χ4n) is 3.99. The van der Waals surface area contributed by atoms with Crippen molar-refractivity contribution in [3.8, 4) is 5.75 Å². The number of alkyl halides is 3. The van der Waals surface area contributed by atoms with Crippen molar-refractivity contribution in [1.82, 2.24) is 4.98 Å². The van der Waals surface area contributed by atoms with E-state index in [-0.39, 0.29) is 17.7 Å². The standard InChI is InChI=1S/C22H24ClF3N2O3/c1-2-15(21(29)30)17-6-4-13-12-14(5-7-16(13)17)31-11-3-10-27-19-9-8-18(20(23)28-19)22(24,25)26/h5,7-9,12,15,17H,2-4,6,10-11H2,1H3,(H,27,28)(H,29,30)/t15?,17-/m0/s1. The number of halogens is 4. The molecule has 0 radical (unpaired) electrons. The maximum atomic E-state index is 12.7. The molecule has 1 aliphatic carbocycles. The number of aryl methyl sites for hydroxylation is 1. The van der Waals surface area contributed by atoms with Crippen LogP contribution < -0.4 is 10.1 Å². The molecule has 0 fully saturated rings. The van der Waals surface area contributed by atoms with Gasteiger partial charge in [0.05, 0.1) is 18.1 Å². The lowest BCUT2D eigenvalue weighted by Gasteiger charge is -2.19. The maximum Gasteiger partial charge on any atom is 0.419 e. The van der Waals surface area contributed by atoms with E-state index >= 15 is 0 Å². The zero-order valence-corrected chi connectivity index (χ0v) is 17.8. The first kappa shape index (κ1) is 23.2. The number of carbonyl (C=O) groups is 1. The summed E-state index contributed by atoms with van der Waals surface area (Å²) in [6.45, 7) is 2.77. The van der Waals surface area contributed by atoms with Crippen molar-refractivity contribution in [2.45, 2.75) is 44.7 Å². The van der Waals surface area contributed by atoms with Gasteiger partial charge in [-0.05, 0) is 67.0 Å². The third kappa shape index (κ3) is 5.61. The summed E-state index contributed by atoms with van der Waals surface area (Å²) < 4.78 is 43.9. The highest BCUT2D eigenvalue weighted by Gasteiger charge is 2.34. The van der Waals surface area contributed by atoms with E-state index in [0.717, 1.165) is 35.8 Å². The molecule has 1 aromatic carbocycles. The Morgan fingerprint density at radius 1 is 1.35 bits per heavy atom. The molecule has 31 heavy (non-hydrogen) atoms. The molecular formula is C22H24ClF3N2O3. The number of aromatic nitrogens is 1. The van der Waals surface area contributed by atoms with Gasteiger partial charge < -0.3 is 15.2 Å². The number of carboxylic acids is 1. The maximum absolute atomic E-state index is 12.7. The third-order valence-electron chi connectivity index (χ3n) is 5.53. The predicted octanol–water partition coefficient (Wildman–Crippen LogP) is 5.78. The molecule has 2 N–H and O–H groups in total. The largest absolute Gasteiger partial charge is 0.494 e. The number of rotatable bonds is 9. The first-order valence-corrected chi connectivity index (χ1v) is 10.5. The number of fused-ring (bicyclic) bond motifs is 1. The lowest BCUT2D eigenvalue weighted by Crippen LogP contribution is -2.19. The van der Waals surface area contributed by atoms with E-state index < -0.39 is 22.9 Å². The van der Waals surface area contributed by atoms with Crippen molar-refractivity contribution in [1.29, 1.82) is 0 Å². The molecule has 0 saturated heterocycles. The fraction of sp³-hybridized carbons (Fsp3) is 0.455. The van der Waals surface area contributed by atoms with Crippen LogP contribution in [0, 0.1) is 5.92 Å². The molecule has 1 aromatic heterocycles. The summed E-state index contributed by atoms with van der Waals surface area (Å²) in [5.41, 5.74) is 1.26. The van der Waals surface area contributed by atoms with Crippen LogP contribution >= 0.6 is 11.6 Å². The molecule has 1 aliphatic rings. The normalized spacial score (nSPS) is 16.6. The van der Waals surface area contributed by atoms with Crippen LogP contribution in [0.15, 0.2) is 30.3 Å². The molecule has 2 atom stereocenters. The molecule has 0 bridgehead atoms. The summed E-state index contributed by atoms with van der Waals surface area (Å²) in [4.78, 5) is 15.2. The van der Waals surface area contributed by atoms with Crippen LogP contribution in [0.2, 0.25) is 5.15 Å². The van der Waals surface area contributed by atoms with E-state index in [0.29, 0.717) is 26.0 Å². The minimum atomic E-state index is -4.53. The van der Waals surface area contributed by atoms with Crippen LogP contribution in [-0.2, 0) is 17.4 Å². The Hall–Kier alpha value is -2.48. The van der Waals surface area contributed by atoms with Gasteiger partial charge in [-0.3, -0.25) is 4.79 Å². The molecule has 3 rings (SSSR count). The number of pyridine rings is 1. The van der Waals surface area contributed by atoms with E-state index in [9.17, 15) is 23.1 Å². The highest BCUT2D eigenvalue weighted by Crippen LogP contribution is 2.41. The molecule has 168 valence electrons. The van der Waals surface area contributed by atoms with Crippen molar-refractivity contribution in [2.75, 3.05) is 18.5 Å². The van der Waals surface area contributed by atoms with Gasteiger partial charge in [-0.15, -0.1) is 0 Å². The second-order valence-electron chi connectivity index (χ2n) is 7.52. The predicted molar refractivity (Wildman–Crippen MR) is 112 cm³/mol. The highest BCUT2D eigenvalue weighted by atomic mass is 35.5. The van der Waals surface area contributed by atoms with E-state index in [1.54, 1.807) is 0 Å². The van der Waals surface area contributed by atoms with Gasteiger partial charge in [0.1, 0.15) is 16.7 Å². The van der Waals surface area contributed by atoms with Crippen molar-refractivity contribution in [3.05, 3.63) is 52.2 Å². The number of hydrogen-bond acceptors (Lipinski definition) is 4. The van der Waals surface area contributed by atoms with E-state index in [1.165, 1.54) is 6.07 Å². The molecule has 2 aromatic rings. The van der Waals surface area contributed by atoms with Crippen LogP contribution in [0.25, 0.3) is 0 Å². The molecular weight excluding hydrogens is 433 g/mol. The van der Waals surface area contributed by atoms with Gasteiger partial charge in [-0.25, -0.2) is 4.98 Å². The molecule has 1 unspecified atom stereocenters. The van der Waals surface area contributed by atoms with E-state index in [4.69, 9.17) is 16.3 Å². The highest BCUT2D eigenvalue weighted by molar-refractivity contribution is 6.30. The molecule has 1 heterocycles. The van der Waals surface area contributed by atoms with Crippen molar-refractivity contribution < 1.29 is 27.8 Å². The Labute approximate surface area is 183 Å². The minimum Gasteiger partial charge on any atom is -0.494 e. The average molecular weight is 457 g/mol. The van der Waals surface area contributed by atoms with E-state index in [2.05, 4.69) is 10.3 Å². The molecule has 0 amide bonds. The Kier molecular flexibility index (Phi) is 7.30. The number of ether oxygens (including phenoxy) is 1. The first-order chi connectivity index (χ1) is 14.7. The quantitative estimate of drug-likeness (QED) is 0.370. The summed E-state index contributed by atoms with van der Waals surface area (Å²) in [6.07, 6.45) is -1.66. The summed E-state index contributed by atoms with van der Waals surface area (Å²) in [5, 5.41) is 11.8. The smallest absolute Gasteiger partial charge is 0.419 e. The molecule has 0 spiro atoms. The van der Waals surface area contributed by atoms with Gasteiger partial charge >= 0.3 is 12.1 Å². The topological polar surface area (TPSA) is 71.5 Å². The first-order valence-electron chi connectivity index (χ1n) is 10.2. The number of benzene rings is 1. The van der Waals surface area contributed by atoms with Crippen LogP contribution in [0.5, 0.6) is 5.75 Å². The Morgan fingerprint density at radius 2 is 2.13 bits per heavy atom. The van der Waals surface area contributed by atoms with Gasteiger partial charge in [-0.1, -0.05) is 24.6 Å². The number of anilines is 1. The number of carboxylic acid groups (broad SMARTS) is 1. The van der Waals surface area contributed by atoms with Crippen molar-refractivity contribution in [2.24, 2.45) is 5.92 Å². The summed E-state index contributed by atoms with van der Waals surface area (Å²) in [5.74, 6) is -0.0915. The van der Waals surface area contributed by atoms with Gasteiger partial charge in [0, 0.05) is 6.54 Å².